The first-order valence-corrected chi connectivity index (χ1v) is 10.8. The van der Waals surface area contributed by atoms with Crippen LogP contribution < -0.4 is 0 Å². The van der Waals surface area contributed by atoms with Crippen molar-refractivity contribution < 1.29 is 19.0 Å². The molecule has 4 heteroatoms. The van der Waals surface area contributed by atoms with Crippen molar-refractivity contribution in [1.29, 1.82) is 0 Å². The van der Waals surface area contributed by atoms with Gasteiger partial charge in [-0.1, -0.05) is 83.1 Å². The van der Waals surface area contributed by atoms with E-state index in [4.69, 9.17) is 14.2 Å². The molecule has 0 N–H and O–H groups in total. The van der Waals surface area contributed by atoms with Crippen LogP contribution in [0.15, 0.2) is 0 Å². The lowest BCUT2D eigenvalue weighted by Crippen LogP contribution is -2.49. The zero-order valence-electron chi connectivity index (χ0n) is 20.6. The van der Waals surface area contributed by atoms with Gasteiger partial charge in [0.15, 0.2) is 0 Å². The summed E-state index contributed by atoms with van der Waals surface area (Å²) in [5, 5.41) is 0. The smallest absolute Gasteiger partial charge is 0.363 e. The Kier molecular flexibility index (Phi) is 7.84. The Balaban J connectivity index is 2.98. The molecule has 0 aliphatic carbocycles. The van der Waals surface area contributed by atoms with E-state index in [-0.39, 0.29) is 40.0 Å². The summed E-state index contributed by atoms with van der Waals surface area (Å²) in [6.45, 7) is 25.9. The lowest BCUT2D eigenvalue weighted by atomic mass is 9.78. The monoisotopic (exact) mass is 398 g/mol. The highest BCUT2D eigenvalue weighted by molar-refractivity contribution is 5.73. The third kappa shape index (κ3) is 8.82. The van der Waals surface area contributed by atoms with Gasteiger partial charge in [-0.3, -0.25) is 0 Å². The molecule has 1 rings (SSSR count). The first-order valence-electron chi connectivity index (χ1n) is 10.8. The first-order chi connectivity index (χ1) is 12.3. The number of carbonyl (C=O) groups is 1. The second-order valence-corrected chi connectivity index (χ2v) is 13.1. The highest BCUT2D eigenvalue weighted by Gasteiger charge is 2.43. The van der Waals surface area contributed by atoms with Crippen molar-refractivity contribution >= 4 is 5.97 Å². The van der Waals surface area contributed by atoms with Crippen molar-refractivity contribution in [3.63, 3.8) is 0 Å². The van der Waals surface area contributed by atoms with Crippen LogP contribution in [0.5, 0.6) is 0 Å². The van der Waals surface area contributed by atoms with Crippen molar-refractivity contribution in [3.05, 3.63) is 0 Å². The molecule has 0 saturated carbocycles. The van der Waals surface area contributed by atoms with Crippen molar-refractivity contribution in [1.82, 2.24) is 0 Å². The number of hydrogen-bond donors (Lipinski definition) is 0. The zero-order valence-corrected chi connectivity index (χ0v) is 20.6. The molecule has 166 valence electrons. The molecule has 1 heterocycles. The number of ether oxygens (including phenoxy) is 3. The third-order valence-electron chi connectivity index (χ3n) is 5.10. The van der Waals surface area contributed by atoms with Crippen LogP contribution in [0.3, 0.4) is 0 Å². The van der Waals surface area contributed by atoms with Crippen LogP contribution in [-0.4, -0.2) is 30.6 Å². The lowest BCUT2D eigenvalue weighted by molar-refractivity contribution is -0.271. The summed E-state index contributed by atoms with van der Waals surface area (Å²) in [5.41, 5.74) is -0.0204. The minimum atomic E-state index is -0.949. The van der Waals surface area contributed by atoms with E-state index in [2.05, 4.69) is 83.1 Å². The maximum atomic E-state index is 13.1. The number of carbonyl (C=O) groups excluding carboxylic acids is 1. The molecule has 4 nitrogen and oxygen atoms in total. The molecule has 28 heavy (non-hydrogen) atoms. The molecular weight excluding hydrogens is 352 g/mol. The molecule has 0 radical (unpaired) electrons. The van der Waals surface area contributed by atoms with E-state index >= 15 is 0 Å². The Morgan fingerprint density at radius 3 is 1.82 bits per heavy atom. The van der Waals surface area contributed by atoms with Gasteiger partial charge in [-0.15, -0.1) is 0 Å². The summed E-state index contributed by atoms with van der Waals surface area (Å²) in [6, 6.07) is 0. The molecule has 0 spiro atoms. The third-order valence-corrected chi connectivity index (χ3v) is 5.10. The number of hydrogen-bond acceptors (Lipinski definition) is 4. The summed E-state index contributed by atoms with van der Waals surface area (Å²) in [4.78, 5) is 13.1. The zero-order chi connectivity index (χ0) is 22.1. The van der Waals surface area contributed by atoms with Crippen LogP contribution in [-0.2, 0) is 19.0 Å². The summed E-state index contributed by atoms with van der Waals surface area (Å²) < 4.78 is 18.2. The lowest BCUT2D eigenvalue weighted by Gasteiger charge is -2.43. The maximum absolute atomic E-state index is 13.1. The second kappa shape index (κ2) is 8.63. The minimum absolute atomic E-state index is 0.00812. The van der Waals surface area contributed by atoms with Gasteiger partial charge in [-0.2, -0.15) is 0 Å². The van der Waals surface area contributed by atoms with Crippen LogP contribution in [0, 0.1) is 21.7 Å². The van der Waals surface area contributed by atoms with Gasteiger partial charge in [0, 0.05) is 6.42 Å². The second-order valence-electron chi connectivity index (χ2n) is 13.1. The van der Waals surface area contributed by atoms with E-state index in [0.29, 0.717) is 0 Å². The van der Waals surface area contributed by atoms with Crippen molar-refractivity contribution in [3.8, 4) is 0 Å². The van der Waals surface area contributed by atoms with Gasteiger partial charge in [0.2, 0.25) is 0 Å². The normalized spacial score (nSPS) is 26.1. The Labute approximate surface area is 174 Å². The molecule has 1 fully saturated rings. The van der Waals surface area contributed by atoms with Crippen LogP contribution >= 0.6 is 0 Å². The maximum Gasteiger partial charge on any atom is 0.363 e. The quantitative estimate of drug-likeness (QED) is 0.517. The molecule has 4 unspecified atom stereocenters. The molecule has 0 bridgehead atoms. The Hall–Kier alpha value is -0.610. The SMILES string of the molecule is CC(C)(C)CC1CC(C(C)(C)C)OC(C(=O)OC(CC(C)(C)C)C(C)(C)C)O1. The Bertz CT molecular complexity index is 511. The van der Waals surface area contributed by atoms with Crippen molar-refractivity contribution in [2.75, 3.05) is 0 Å². The fourth-order valence-corrected chi connectivity index (χ4v) is 3.47. The van der Waals surface area contributed by atoms with E-state index in [9.17, 15) is 4.79 Å². The largest absolute Gasteiger partial charge is 0.458 e. The molecule has 4 atom stereocenters. The summed E-state index contributed by atoms with van der Waals surface area (Å²) in [6.07, 6.45) is 1.29. The summed E-state index contributed by atoms with van der Waals surface area (Å²) in [5.74, 6) is -0.392. The molecule has 0 aromatic rings. The minimum Gasteiger partial charge on any atom is -0.458 e. The fourth-order valence-electron chi connectivity index (χ4n) is 3.47. The van der Waals surface area contributed by atoms with E-state index in [0.717, 1.165) is 19.3 Å². The van der Waals surface area contributed by atoms with E-state index < -0.39 is 12.3 Å². The van der Waals surface area contributed by atoms with Gasteiger partial charge in [-0.05, 0) is 34.5 Å². The van der Waals surface area contributed by atoms with E-state index in [1.54, 1.807) is 0 Å². The molecule has 0 aromatic carbocycles. The van der Waals surface area contributed by atoms with Gasteiger partial charge in [-0.25, -0.2) is 4.79 Å². The van der Waals surface area contributed by atoms with E-state index in [1.165, 1.54) is 0 Å². The Morgan fingerprint density at radius 2 is 1.43 bits per heavy atom. The number of rotatable bonds is 4. The topological polar surface area (TPSA) is 44.8 Å². The predicted molar refractivity (Wildman–Crippen MR) is 115 cm³/mol. The number of esters is 1. The molecule has 1 saturated heterocycles. The van der Waals surface area contributed by atoms with Gasteiger partial charge in [0.05, 0.1) is 12.2 Å². The highest BCUT2D eigenvalue weighted by atomic mass is 16.7. The van der Waals surface area contributed by atoms with Gasteiger partial charge in [0.1, 0.15) is 6.10 Å². The Morgan fingerprint density at radius 1 is 0.893 bits per heavy atom. The average molecular weight is 399 g/mol. The van der Waals surface area contributed by atoms with Crippen LogP contribution in [0.1, 0.15) is 102 Å². The molecule has 1 aliphatic heterocycles. The molecule has 0 aromatic heterocycles. The van der Waals surface area contributed by atoms with Crippen LogP contribution in [0.25, 0.3) is 0 Å². The summed E-state index contributed by atoms with van der Waals surface area (Å²) >= 11 is 0. The average Bonchev–Trinajstić information content (AvgIpc) is 2.40. The van der Waals surface area contributed by atoms with E-state index in [1.807, 2.05) is 0 Å². The van der Waals surface area contributed by atoms with Crippen LogP contribution in [0.2, 0.25) is 0 Å². The summed E-state index contributed by atoms with van der Waals surface area (Å²) in [7, 11) is 0. The standard InChI is InChI=1S/C24H46O4/c1-21(2,3)14-16-13-17(23(7,8)9)28-20(26-16)19(25)27-18(24(10,11)12)15-22(4,5)6/h16-18,20H,13-15H2,1-12H3. The fraction of sp³-hybridized carbons (Fsp3) is 0.958. The molecule has 0 amide bonds. The predicted octanol–water partition coefficient (Wildman–Crippen LogP) is 6.36. The molecule has 1 aliphatic rings. The van der Waals surface area contributed by atoms with Gasteiger partial charge in [0.25, 0.3) is 6.29 Å². The van der Waals surface area contributed by atoms with Crippen molar-refractivity contribution in [2.45, 2.75) is 127 Å². The van der Waals surface area contributed by atoms with Gasteiger partial charge < -0.3 is 14.2 Å². The first kappa shape index (κ1) is 25.4. The van der Waals surface area contributed by atoms with Crippen LogP contribution in [0.4, 0.5) is 0 Å². The molecular formula is C24H46O4. The highest BCUT2D eigenvalue weighted by Crippen LogP contribution is 2.37. The van der Waals surface area contributed by atoms with Crippen molar-refractivity contribution in [2.24, 2.45) is 21.7 Å². The van der Waals surface area contributed by atoms with Gasteiger partial charge >= 0.3 is 5.97 Å².